The van der Waals surface area contributed by atoms with Gasteiger partial charge in [-0.1, -0.05) is 19.9 Å². The van der Waals surface area contributed by atoms with E-state index in [1.807, 2.05) is 0 Å². The number of nitrogens with zero attached hydrogens (tertiary/aromatic N) is 2. The van der Waals surface area contributed by atoms with Crippen molar-refractivity contribution in [1.82, 2.24) is 20.3 Å². The van der Waals surface area contributed by atoms with Crippen molar-refractivity contribution < 1.29 is 22.4 Å². The molecule has 10 heteroatoms. The van der Waals surface area contributed by atoms with Gasteiger partial charge in [-0.05, 0) is 23.8 Å². The average molecular weight is 434 g/mol. The van der Waals surface area contributed by atoms with Crippen molar-refractivity contribution in [1.29, 1.82) is 0 Å². The number of aromatic amines is 1. The van der Waals surface area contributed by atoms with E-state index in [9.17, 15) is 27.2 Å². The second-order valence-electron chi connectivity index (χ2n) is 7.12. The molecule has 0 bridgehead atoms. The number of amides is 1. The molecule has 0 radical (unpaired) electrons. The Morgan fingerprint density at radius 1 is 1.16 bits per heavy atom. The third-order valence-electron chi connectivity index (χ3n) is 4.38. The zero-order valence-electron chi connectivity index (χ0n) is 16.5. The van der Waals surface area contributed by atoms with Crippen LogP contribution in [0.3, 0.4) is 0 Å². The Labute approximate surface area is 174 Å². The van der Waals surface area contributed by atoms with E-state index in [0.29, 0.717) is 5.56 Å². The van der Waals surface area contributed by atoms with Gasteiger partial charge < -0.3 is 10.3 Å². The van der Waals surface area contributed by atoms with Crippen LogP contribution >= 0.6 is 0 Å². The molecule has 0 unspecified atom stereocenters. The number of H-pyrrole nitrogens is 1. The number of hydrogen-bond acceptors (Lipinski definition) is 4. The number of halogens is 4. The highest BCUT2D eigenvalue weighted by Gasteiger charge is 2.34. The Morgan fingerprint density at radius 2 is 1.90 bits per heavy atom. The predicted octanol–water partition coefficient (Wildman–Crippen LogP) is 3.93. The Morgan fingerprint density at radius 3 is 2.55 bits per heavy atom. The third-order valence-corrected chi connectivity index (χ3v) is 4.38. The first kappa shape index (κ1) is 22.1. The quantitative estimate of drug-likeness (QED) is 0.596. The van der Waals surface area contributed by atoms with Crippen LogP contribution in [-0.4, -0.2) is 20.9 Å². The minimum absolute atomic E-state index is 0.000109. The second-order valence-corrected chi connectivity index (χ2v) is 7.12. The molecule has 0 atom stereocenters. The molecule has 1 amide bonds. The van der Waals surface area contributed by atoms with Crippen LogP contribution in [0.5, 0.6) is 0 Å². The highest BCUT2D eigenvalue weighted by molar-refractivity contribution is 5.78. The van der Waals surface area contributed by atoms with Gasteiger partial charge in [-0.25, -0.2) is 9.37 Å². The first-order valence-corrected chi connectivity index (χ1v) is 9.25. The summed E-state index contributed by atoms with van der Waals surface area (Å²) in [6.07, 6.45) is -2.52. The zero-order chi connectivity index (χ0) is 22.8. The lowest BCUT2D eigenvalue weighted by Gasteiger charge is -2.15. The lowest BCUT2D eigenvalue weighted by Crippen LogP contribution is -2.27. The van der Waals surface area contributed by atoms with E-state index in [1.54, 1.807) is 13.8 Å². The van der Waals surface area contributed by atoms with Crippen LogP contribution in [0.4, 0.5) is 17.6 Å². The van der Waals surface area contributed by atoms with Crippen LogP contribution in [0.15, 0.2) is 47.5 Å². The lowest BCUT2D eigenvalue weighted by molar-refractivity contribution is -0.137. The number of pyridine rings is 1. The summed E-state index contributed by atoms with van der Waals surface area (Å²) in [4.78, 5) is 34.0. The predicted molar refractivity (Wildman–Crippen MR) is 105 cm³/mol. The fraction of sp³-hybridized carbons (Fsp3) is 0.238. The van der Waals surface area contributed by atoms with E-state index in [0.717, 1.165) is 24.4 Å². The molecule has 0 aliphatic carbocycles. The summed E-state index contributed by atoms with van der Waals surface area (Å²) in [5.41, 5.74) is -1.59. The van der Waals surface area contributed by atoms with Crippen molar-refractivity contribution in [2.24, 2.45) is 5.92 Å². The Hall–Kier alpha value is -3.56. The SMILES string of the molecule is CC(C)C(=O)NCc1ccc(C(F)(F)F)c(-c2nc(-c3cncc(F)c3)cc(=O)[nH]2)c1. The molecule has 1 aromatic carbocycles. The van der Waals surface area contributed by atoms with Crippen molar-refractivity contribution in [2.75, 3.05) is 0 Å². The van der Waals surface area contributed by atoms with Gasteiger partial charge in [-0.3, -0.25) is 14.6 Å². The molecule has 162 valence electrons. The van der Waals surface area contributed by atoms with Crippen LogP contribution in [0.2, 0.25) is 0 Å². The number of carbonyl (C=O) groups is 1. The number of hydrogen-bond donors (Lipinski definition) is 2. The van der Waals surface area contributed by atoms with Crippen LogP contribution in [0, 0.1) is 11.7 Å². The maximum atomic E-state index is 13.6. The van der Waals surface area contributed by atoms with Gasteiger partial charge in [0.25, 0.3) is 5.56 Å². The summed E-state index contributed by atoms with van der Waals surface area (Å²) in [5, 5.41) is 2.63. The summed E-state index contributed by atoms with van der Waals surface area (Å²) in [6, 6.07) is 5.42. The Bertz CT molecular complexity index is 1170. The van der Waals surface area contributed by atoms with Gasteiger partial charge in [0.05, 0.1) is 17.5 Å². The molecule has 0 spiro atoms. The van der Waals surface area contributed by atoms with Crippen LogP contribution in [-0.2, 0) is 17.5 Å². The van der Waals surface area contributed by atoms with E-state index in [2.05, 4.69) is 20.3 Å². The lowest BCUT2D eigenvalue weighted by atomic mass is 10.0. The minimum atomic E-state index is -4.72. The van der Waals surface area contributed by atoms with E-state index >= 15 is 0 Å². The highest BCUT2D eigenvalue weighted by atomic mass is 19.4. The van der Waals surface area contributed by atoms with E-state index < -0.39 is 23.1 Å². The minimum Gasteiger partial charge on any atom is -0.352 e. The smallest absolute Gasteiger partial charge is 0.352 e. The normalized spacial score (nSPS) is 11.6. The Kier molecular flexibility index (Phi) is 6.19. The van der Waals surface area contributed by atoms with E-state index in [-0.39, 0.29) is 41.0 Å². The maximum Gasteiger partial charge on any atom is 0.417 e. The fourth-order valence-electron chi connectivity index (χ4n) is 2.82. The van der Waals surface area contributed by atoms with Gasteiger partial charge in [0.1, 0.15) is 11.6 Å². The van der Waals surface area contributed by atoms with Gasteiger partial charge in [0.15, 0.2) is 0 Å². The van der Waals surface area contributed by atoms with Crippen molar-refractivity contribution in [2.45, 2.75) is 26.6 Å². The van der Waals surface area contributed by atoms with Crippen molar-refractivity contribution in [3.8, 4) is 22.6 Å². The first-order chi connectivity index (χ1) is 14.5. The van der Waals surface area contributed by atoms with Gasteiger partial charge in [0, 0.05) is 35.9 Å². The molecule has 0 saturated carbocycles. The number of rotatable bonds is 5. The van der Waals surface area contributed by atoms with Crippen LogP contribution < -0.4 is 10.9 Å². The molecule has 0 aliphatic heterocycles. The summed E-state index contributed by atoms with van der Waals surface area (Å²) >= 11 is 0. The average Bonchev–Trinajstić information content (AvgIpc) is 2.70. The number of nitrogens with one attached hydrogen (secondary N) is 2. The topological polar surface area (TPSA) is 87.7 Å². The summed E-state index contributed by atoms with van der Waals surface area (Å²) in [7, 11) is 0. The fourth-order valence-corrected chi connectivity index (χ4v) is 2.82. The maximum absolute atomic E-state index is 13.6. The Balaban J connectivity index is 2.10. The summed E-state index contributed by atoms with van der Waals surface area (Å²) in [6.45, 7) is 3.38. The van der Waals surface area contributed by atoms with Crippen LogP contribution in [0.25, 0.3) is 22.6 Å². The molecule has 0 aliphatic rings. The molecule has 6 nitrogen and oxygen atoms in total. The monoisotopic (exact) mass is 434 g/mol. The molecule has 0 fully saturated rings. The zero-order valence-corrected chi connectivity index (χ0v) is 16.5. The number of alkyl halides is 3. The van der Waals surface area contributed by atoms with E-state index in [1.165, 1.54) is 18.3 Å². The molecular weight excluding hydrogens is 416 g/mol. The summed E-state index contributed by atoms with van der Waals surface area (Å²) in [5.74, 6) is -1.56. The van der Waals surface area contributed by atoms with E-state index in [4.69, 9.17) is 0 Å². The third kappa shape index (κ3) is 5.33. The molecule has 31 heavy (non-hydrogen) atoms. The van der Waals surface area contributed by atoms with Gasteiger partial charge >= 0.3 is 6.18 Å². The summed E-state index contributed by atoms with van der Waals surface area (Å²) < 4.78 is 54.3. The highest BCUT2D eigenvalue weighted by Crippen LogP contribution is 2.36. The molecule has 3 aromatic rings. The van der Waals surface area contributed by atoms with Gasteiger partial charge in [-0.2, -0.15) is 13.2 Å². The molecule has 2 heterocycles. The van der Waals surface area contributed by atoms with Crippen molar-refractivity contribution in [3.05, 3.63) is 70.0 Å². The van der Waals surface area contributed by atoms with Crippen LogP contribution in [0.1, 0.15) is 25.0 Å². The number of carbonyl (C=O) groups excluding carboxylic acids is 1. The second kappa shape index (κ2) is 8.66. The number of benzene rings is 1. The first-order valence-electron chi connectivity index (χ1n) is 9.25. The molecule has 3 rings (SSSR count). The standard InChI is InChI=1S/C21H18F4N4O2/c1-11(2)20(31)27-8-12-3-4-16(21(23,24)25)15(5-12)19-28-17(7-18(30)29-19)13-6-14(22)10-26-9-13/h3-7,9-11H,8H2,1-2H3,(H,27,31)(H,28,29,30). The van der Waals surface area contributed by atoms with Crippen molar-refractivity contribution >= 4 is 5.91 Å². The number of aromatic nitrogens is 3. The van der Waals surface area contributed by atoms with Gasteiger partial charge in [0.2, 0.25) is 5.91 Å². The molecule has 2 aromatic heterocycles. The van der Waals surface area contributed by atoms with Crippen molar-refractivity contribution in [3.63, 3.8) is 0 Å². The van der Waals surface area contributed by atoms with Gasteiger partial charge in [-0.15, -0.1) is 0 Å². The molecular formula is C21H18F4N4O2. The largest absolute Gasteiger partial charge is 0.417 e. The molecule has 0 saturated heterocycles. The molecule has 2 N–H and O–H groups in total.